The average molecular weight is 437 g/mol. The van der Waals surface area contributed by atoms with Gasteiger partial charge in [-0.1, -0.05) is 0 Å². The van der Waals surface area contributed by atoms with Gasteiger partial charge in [0.2, 0.25) is 23.6 Å². The normalized spacial score (nSPS) is 14.8. The lowest BCUT2D eigenvalue weighted by Crippen LogP contribution is -2.59. The maximum absolute atomic E-state index is 12.4. The zero-order valence-corrected chi connectivity index (χ0v) is 16.6. The highest BCUT2D eigenvalue weighted by Crippen LogP contribution is 2.01. The van der Waals surface area contributed by atoms with Crippen molar-refractivity contribution in [3.63, 3.8) is 0 Å². The molecule has 13 nitrogen and oxygen atoms in total. The Morgan fingerprint density at radius 3 is 1.83 bits per heavy atom. The summed E-state index contributed by atoms with van der Waals surface area (Å²) >= 11 is 1.46. The highest BCUT2D eigenvalue weighted by atomic mass is 32.2. The predicted octanol–water partition coefficient (Wildman–Crippen LogP) is -4.53. The molecule has 0 fully saturated rings. The van der Waals surface area contributed by atoms with Crippen LogP contribution in [0.3, 0.4) is 0 Å². The molecule has 0 aromatic rings. The average Bonchev–Trinajstić information content (AvgIpc) is 2.66. The maximum Gasteiger partial charge on any atom is 0.328 e. The second-order valence-corrected chi connectivity index (χ2v) is 6.93. The van der Waals surface area contributed by atoms with Crippen LogP contribution in [0.5, 0.6) is 0 Å². The van der Waals surface area contributed by atoms with Gasteiger partial charge in [-0.15, -0.1) is 0 Å². The molecule has 0 bridgehead atoms. The molecule has 0 heterocycles. The number of aliphatic hydroxyl groups is 2. The van der Waals surface area contributed by atoms with E-state index >= 15 is 0 Å². The van der Waals surface area contributed by atoms with Gasteiger partial charge in [0, 0.05) is 0 Å². The molecule has 0 rings (SSSR count). The van der Waals surface area contributed by atoms with Gasteiger partial charge in [0.15, 0.2) is 0 Å². The number of nitrogens with two attached hydrogens (primary N) is 2. The number of hydrogen-bond acceptors (Lipinski definition) is 9. The number of amides is 4. The summed E-state index contributed by atoms with van der Waals surface area (Å²) in [4.78, 5) is 58.6. The van der Waals surface area contributed by atoms with Gasteiger partial charge in [-0.25, -0.2) is 4.79 Å². The van der Waals surface area contributed by atoms with Crippen molar-refractivity contribution in [2.45, 2.75) is 37.0 Å². The van der Waals surface area contributed by atoms with Gasteiger partial charge in [0.05, 0.1) is 25.7 Å². The number of carbonyl (C=O) groups excluding carboxylic acids is 4. The van der Waals surface area contributed by atoms with Gasteiger partial charge in [0.25, 0.3) is 0 Å². The Bertz CT molecular complexity index is 605. The van der Waals surface area contributed by atoms with Crippen LogP contribution in [0, 0.1) is 0 Å². The Morgan fingerprint density at radius 1 is 0.897 bits per heavy atom. The fraction of sp³-hybridized carbons (Fsp3) is 0.667. The van der Waals surface area contributed by atoms with Crippen molar-refractivity contribution in [3.8, 4) is 0 Å². The van der Waals surface area contributed by atoms with E-state index in [1.807, 2.05) is 11.6 Å². The molecule has 0 radical (unpaired) electrons. The Hall–Kier alpha value is -2.42. The van der Waals surface area contributed by atoms with Crippen LogP contribution in [0.2, 0.25) is 0 Å². The minimum atomic E-state index is -1.65. The lowest BCUT2D eigenvalue weighted by molar-refractivity contribution is -0.143. The van der Waals surface area contributed by atoms with Crippen molar-refractivity contribution in [2.24, 2.45) is 11.5 Å². The summed E-state index contributed by atoms with van der Waals surface area (Å²) in [6, 6.07) is -5.66. The first kappa shape index (κ1) is 26.6. The van der Waals surface area contributed by atoms with Crippen LogP contribution < -0.4 is 27.4 Å². The molecule has 0 aliphatic carbocycles. The highest BCUT2D eigenvalue weighted by molar-refractivity contribution is 7.98. The number of hydrogen-bond donors (Lipinski definition) is 8. The SMILES string of the molecule is CSCCC(N)C(=O)NC(CC(N)=O)C(=O)NC(CO)C(=O)NC(CO)C(=O)O. The fourth-order valence-electron chi connectivity index (χ4n) is 1.99. The topological polar surface area (TPSA) is 234 Å². The first-order valence-corrected chi connectivity index (χ1v) is 9.85. The Kier molecular flexibility index (Phi) is 12.6. The molecule has 4 unspecified atom stereocenters. The van der Waals surface area contributed by atoms with Crippen LogP contribution in [0.1, 0.15) is 12.8 Å². The van der Waals surface area contributed by atoms with Gasteiger partial charge in [-0.2, -0.15) is 11.8 Å². The molecule has 166 valence electrons. The van der Waals surface area contributed by atoms with E-state index in [2.05, 4.69) is 10.6 Å². The molecule has 0 aliphatic heterocycles. The Morgan fingerprint density at radius 2 is 1.38 bits per heavy atom. The molecule has 0 saturated carbocycles. The monoisotopic (exact) mass is 437 g/mol. The summed E-state index contributed by atoms with van der Waals surface area (Å²) < 4.78 is 0. The number of carboxylic acid groups (broad SMARTS) is 1. The van der Waals surface area contributed by atoms with Gasteiger partial charge in [-0.05, 0) is 18.4 Å². The number of thioether (sulfide) groups is 1. The first-order chi connectivity index (χ1) is 13.6. The second kappa shape index (κ2) is 13.7. The fourth-order valence-corrected chi connectivity index (χ4v) is 2.48. The van der Waals surface area contributed by atoms with E-state index in [4.69, 9.17) is 21.7 Å². The van der Waals surface area contributed by atoms with E-state index in [0.29, 0.717) is 12.2 Å². The number of nitrogens with one attached hydrogen (secondary N) is 3. The number of aliphatic hydroxyl groups excluding tert-OH is 2. The second-order valence-electron chi connectivity index (χ2n) is 5.95. The quantitative estimate of drug-likeness (QED) is 0.130. The lowest BCUT2D eigenvalue weighted by Gasteiger charge is -2.23. The summed E-state index contributed by atoms with van der Waals surface area (Å²) in [5.74, 6) is -4.68. The number of carbonyl (C=O) groups is 5. The van der Waals surface area contributed by atoms with E-state index < -0.39 is 73.4 Å². The van der Waals surface area contributed by atoms with Crippen LogP contribution in [0.4, 0.5) is 0 Å². The van der Waals surface area contributed by atoms with Crippen molar-refractivity contribution >= 4 is 41.4 Å². The van der Waals surface area contributed by atoms with E-state index in [-0.39, 0.29) is 0 Å². The van der Waals surface area contributed by atoms with Gasteiger partial charge in [0.1, 0.15) is 18.1 Å². The zero-order valence-electron chi connectivity index (χ0n) is 15.8. The molecular weight excluding hydrogens is 410 g/mol. The molecular formula is C15H27N5O8S. The van der Waals surface area contributed by atoms with Crippen molar-refractivity contribution in [1.29, 1.82) is 0 Å². The largest absolute Gasteiger partial charge is 0.480 e. The Labute approximate surface area is 170 Å². The zero-order chi connectivity index (χ0) is 22.6. The van der Waals surface area contributed by atoms with Gasteiger partial charge in [-0.3, -0.25) is 19.2 Å². The minimum absolute atomic E-state index is 0.317. The van der Waals surface area contributed by atoms with Crippen molar-refractivity contribution in [3.05, 3.63) is 0 Å². The van der Waals surface area contributed by atoms with E-state index in [0.717, 1.165) is 0 Å². The van der Waals surface area contributed by atoms with Crippen LogP contribution in [-0.4, -0.2) is 94.3 Å². The van der Waals surface area contributed by atoms with Crippen molar-refractivity contribution in [2.75, 3.05) is 25.2 Å². The van der Waals surface area contributed by atoms with Gasteiger partial charge < -0.3 is 42.7 Å². The molecule has 0 aromatic carbocycles. The summed E-state index contributed by atoms with van der Waals surface area (Å²) in [6.45, 7) is -1.83. The third-order valence-electron chi connectivity index (χ3n) is 3.62. The molecule has 4 atom stereocenters. The van der Waals surface area contributed by atoms with Gasteiger partial charge >= 0.3 is 5.97 Å². The lowest BCUT2D eigenvalue weighted by atomic mass is 10.1. The molecule has 0 aliphatic rings. The molecule has 0 aromatic heterocycles. The van der Waals surface area contributed by atoms with E-state index in [1.54, 1.807) is 0 Å². The molecule has 29 heavy (non-hydrogen) atoms. The number of carboxylic acids is 1. The predicted molar refractivity (Wildman–Crippen MR) is 102 cm³/mol. The summed E-state index contributed by atoms with van der Waals surface area (Å²) in [5.41, 5.74) is 10.8. The van der Waals surface area contributed by atoms with Crippen molar-refractivity contribution in [1.82, 2.24) is 16.0 Å². The molecule has 10 N–H and O–H groups in total. The number of rotatable bonds is 14. The third-order valence-corrected chi connectivity index (χ3v) is 4.26. The molecule has 0 spiro atoms. The summed E-state index contributed by atoms with van der Waals surface area (Å²) in [5, 5.41) is 33.3. The summed E-state index contributed by atoms with van der Waals surface area (Å²) in [6.07, 6.45) is 1.54. The van der Waals surface area contributed by atoms with Crippen LogP contribution >= 0.6 is 11.8 Å². The smallest absolute Gasteiger partial charge is 0.328 e. The molecule has 14 heteroatoms. The molecule has 4 amide bonds. The standard InChI is InChI=1S/C15H27N5O8S/c1-29-3-2-7(16)12(24)18-8(4-11(17)23)13(25)19-9(5-21)14(26)20-10(6-22)15(27)28/h7-10,21-22H,2-6,16H2,1H3,(H2,17,23)(H,18,24)(H,19,25)(H,20,26)(H,27,28). The third kappa shape index (κ3) is 10.1. The van der Waals surface area contributed by atoms with Crippen molar-refractivity contribution < 1.29 is 39.3 Å². The molecule has 0 saturated heterocycles. The van der Waals surface area contributed by atoms with E-state index in [9.17, 15) is 29.1 Å². The Balaban J connectivity index is 5.13. The highest BCUT2D eigenvalue weighted by Gasteiger charge is 2.30. The van der Waals surface area contributed by atoms with E-state index in [1.165, 1.54) is 11.8 Å². The minimum Gasteiger partial charge on any atom is -0.480 e. The maximum atomic E-state index is 12.4. The summed E-state index contributed by atoms with van der Waals surface area (Å²) in [7, 11) is 0. The van der Waals surface area contributed by atoms with Crippen LogP contribution in [0.25, 0.3) is 0 Å². The number of aliphatic carboxylic acids is 1. The van der Waals surface area contributed by atoms with Crippen LogP contribution in [0.15, 0.2) is 0 Å². The van der Waals surface area contributed by atoms with Crippen LogP contribution in [-0.2, 0) is 24.0 Å². The number of primary amides is 1. The first-order valence-electron chi connectivity index (χ1n) is 8.45.